The van der Waals surface area contributed by atoms with Gasteiger partial charge in [-0.15, -0.1) is 0 Å². The van der Waals surface area contributed by atoms with E-state index >= 15 is 0 Å². The van der Waals surface area contributed by atoms with Crippen LogP contribution < -0.4 is 5.32 Å². The van der Waals surface area contributed by atoms with Gasteiger partial charge in [0.1, 0.15) is 0 Å². The highest BCUT2D eigenvalue weighted by atomic mass is 35.5. The fourth-order valence-electron chi connectivity index (χ4n) is 3.38. The number of aryl methyl sites for hydroxylation is 1. The first kappa shape index (κ1) is 24.3. The SMILES string of the molecule is Cc1ccc(S(=O)(=O)N2CCC(NC(=O)C=Cc3ccc(Cl)c(C(F)(F)F)c3)CC2)cc1. The van der Waals surface area contributed by atoms with E-state index in [-0.39, 0.29) is 29.6 Å². The summed E-state index contributed by atoms with van der Waals surface area (Å²) in [5, 5.41) is 2.36. The molecule has 1 fully saturated rings. The molecule has 1 aliphatic heterocycles. The average molecular weight is 487 g/mol. The van der Waals surface area contributed by atoms with Crippen LogP contribution in [0.2, 0.25) is 5.02 Å². The number of nitrogens with one attached hydrogen (secondary N) is 1. The molecule has 0 atom stereocenters. The van der Waals surface area contributed by atoms with Crippen molar-refractivity contribution in [2.75, 3.05) is 13.1 Å². The van der Waals surface area contributed by atoms with Gasteiger partial charge in [-0.25, -0.2) is 8.42 Å². The van der Waals surface area contributed by atoms with Crippen LogP contribution in [0.4, 0.5) is 13.2 Å². The van der Waals surface area contributed by atoms with Gasteiger partial charge in [0.2, 0.25) is 15.9 Å². The Bertz CT molecular complexity index is 1110. The minimum atomic E-state index is -4.59. The second-order valence-electron chi connectivity index (χ2n) is 7.57. The third-order valence-electron chi connectivity index (χ3n) is 5.18. The Morgan fingerprint density at radius 3 is 2.34 bits per heavy atom. The number of sulfonamides is 1. The van der Waals surface area contributed by atoms with Gasteiger partial charge in [0.05, 0.1) is 15.5 Å². The molecule has 5 nitrogen and oxygen atoms in total. The van der Waals surface area contributed by atoms with Gasteiger partial charge < -0.3 is 5.32 Å². The van der Waals surface area contributed by atoms with Gasteiger partial charge in [-0.3, -0.25) is 4.79 Å². The molecule has 1 heterocycles. The average Bonchev–Trinajstić information content (AvgIpc) is 2.73. The zero-order valence-electron chi connectivity index (χ0n) is 17.2. The molecule has 2 aromatic carbocycles. The zero-order chi connectivity index (χ0) is 23.5. The first-order chi connectivity index (χ1) is 15.0. The van der Waals surface area contributed by atoms with Crippen LogP contribution in [0.5, 0.6) is 0 Å². The molecule has 0 aromatic heterocycles. The van der Waals surface area contributed by atoms with E-state index in [0.29, 0.717) is 12.8 Å². The molecule has 3 rings (SSSR count). The fourth-order valence-corrected chi connectivity index (χ4v) is 5.08. The summed E-state index contributed by atoms with van der Waals surface area (Å²) < 4.78 is 65.7. The minimum Gasteiger partial charge on any atom is -0.350 e. The second kappa shape index (κ2) is 9.64. The maximum absolute atomic E-state index is 12.9. The summed E-state index contributed by atoms with van der Waals surface area (Å²) in [5.74, 6) is -0.464. The first-order valence-corrected chi connectivity index (χ1v) is 11.7. The van der Waals surface area contributed by atoms with Gasteiger partial charge in [0, 0.05) is 25.2 Å². The quantitative estimate of drug-likeness (QED) is 0.626. The van der Waals surface area contributed by atoms with Crippen LogP contribution >= 0.6 is 11.6 Å². The lowest BCUT2D eigenvalue weighted by Crippen LogP contribution is -2.46. The third-order valence-corrected chi connectivity index (χ3v) is 7.42. The Kier molecular flexibility index (Phi) is 7.32. The minimum absolute atomic E-state index is 0.191. The molecule has 0 spiro atoms. The molecule has 1 amide bonds. The van der Waals surface area contributed by atoms with E-state index in [2.05, 4.69) is 5.32 Å². The van der Waals surface area contributed by atoms with E-state index in [1.165, 1.54) is 16.4 Å². The van der Waals surface area contributed by atoms with Crippen LogP contribution in [-0.2, 0) is 21.0 Å². The number of hydrogen-bond donors (Lipinski definition) is 1. The number of halogens is 4. The zero-order valence-corrected chi connectivity index (χ0v) is 18.8. The van der Waals surface area contributed by atoms with E-state index in [0.717, 1.165) is 23.8 Å². The van der Waals surface area contributed by atoms with E-state index in [1.54, 1.807) is 24.3 Å². The van der Waals surface area contributed by atoms with Crippen molar-refractivity contribution in [2.24, 2.45) is 0 Å². The number of alkyl halides is 3. The van der Waals surface area contributed by atoms with Crippen molar-refractivity contribution in [2.45, 2.75) is 36.9 Å². The molecule has 0 radical (unpaired) electrons. The van der Waals surface area contributed by atoms with Crippen LogP contribution in [0, 0.1) is 6.92 Å². The summed E-state index contributed by atoms with van der Waals surface area (Å²) in [4.78, 5) is 12.4. The van der Waals surface area contributed by atoms with E-state index in [1.807, 2.05) is 6.92 Å². The lowest BCUT2D eigenvalue weighted by molar-refractivity contribution is -0.137. The van der Waals surface area contributed by atoms with Crippen LogP contribution in [-0.4, -0.2) is 37.8 Å². The number of hydrogen-bond acceptors (Lipinski definition) is 3. The summed E-state index contributed by atoms with van der Waals surface area (Å²) >= 11 is 5.59. The van der Waals surface area contributed by atoms with E-state index in [9.17, 15) is 26.4 Å². The molecule has 0 saturated carbocycles. The fraction of sp³-hybridized carbons (Fsp3) is 0.318. The van der Waals surface area contributed by atoms with Crippen LogP contribution in [0.25, 0.3) is 6.08 Å². The lowest BCUT2D eigenvalue weighted by Gasteiger charge is -2.31. The standard InChI is InChI=1S/C22H22ClF3N2O3S/c1-15-2-6-18(7-3-15)32(30,31)28-12-10-17(11-13-28)27-21(29)9-5-16-4-8-20(23)19(14-16)22(24,25)26/h2-9,14,17H,10-13H2,1H3,(H,27,29). The predicted molar refractivity (Wildman–Crippen MR) is 117 cm³/mol. The maximum Gasteiger partial charge on any atom is 0.417 e. The van der Waals surface area contributed by atoms with Gasteiger partial charge in [0.15, 0.2) is 0 Å². The van der Waals surface area contributed by atoms with Gasteiger partial charge in [-0.2, -0.15) is 17.5 Å². The number of carbonyl (C=O) groups excluding carboxylic acids is 1. The molecule has 10 heteroatoms. The van der Waals surface area contributed by atoms with Gasteiger partial charge in [-0.1, -0.05) is 35.4 Å². The highest BCUT2D eigenvalue weighted by Gasteiger charge is 2.33. The molecule has 1 saturated heterocycles. The van der Waals surface area contributed by atoms with Crippen LogP contribution in [0.3, 0.4) is 0 Å². The molecule has 0 bridgehead atoms. The van der Waals surface area contributed by atoms with Crippen molar-refractivity contribution >= 4 is 33.6 Å². The number of rotatable bonds is 5. The van der Waals surface area contributed by atoms with Crippen molar-refractivity contribution in [3.63, 3.8) is 0 Å². The van der Waals surface area contributed by atoms with Crippen molar-refractivity contribution in [3.05, 3.63) is 70.3 Å². The second-order valence-corrected chi connectivity index (χ2v) is 9.92. The van der Waals surface area contributed by atoms with Gasteiger partial charge in [-0.05, 0) is 55.7 Å². The van der Waals surface area contributed by atoms with Crippen LogP contribution in [0.1, 0.15) is 29.5 Å². The Morgan fingerprint density at radius 1 is 1.12 bits per heavy atom. The van der Waals surface area contributed by atoms with Gasteiger partial charge >= 0.3 is 6.18 Å². The largest absolute Gasteiger partial charge is 0.417 e. The Hall–Kier alpha value is -2.36. The summed E-state index contributed by atoms with van der Waals surface area (Å²) in [5.41, 5.74) is 0.187. The molecule has 1 aliphatic rings. The third kappa shape index (κ3) is 5.90. The number of piperidine rings is 1. The molecule has 0 unspecified atom stereocenters. The molecule has 172 valence electrons. The number of carbonyl (C=O) groups is 1. The highest BCUT2D eigenvalue weighted by Crippen LogP contribution is 2.35. The summed E-state index contributed by atoms with van der Waals surface area (Å²) in [6.45, 7) is 2.40. The van der Waals surface area contributed by atoms with E-state index in [4.69, 9.17) is 11.6 Å². The highest BCUT2D eigenvalue weighted by molar-refractivity contribution is 7.89. The first-order valence-electron chi connectivity index (χ1n) is 9.89. The molecular formula is C22H22ClF3N2O3S. The normalized spacial score (nSPS) is 16.4. The topological polar surface area (TPSA) is 66.5 Å². The Balaban J connectivity index is 1.56. The van der Waals surface area contributed by atoms with Crippen molar-refractivity contribution in [1.82, 2.24) is 9.62 Å². The van der Waals surface area contributed by atoms with E-state index < -0.39 is 32.7 Å². The number of amides is 1. The molecular weight excluding hydrogens is 465 g/mol. The van der Waals surface area contributed by atoms with Gasteiger partial charge in [0.25, 0.3) is 0 Å². The Labute approximate surface area is 189 Å². The summed E-state index contributed by atoms with van der Waals surface area (Å²) in [6.07, 6.45) is -1.29. The van der Waals surface area contributed by atoms with Crippen molar-refractivity contribution in [1.29, 1.82) is 0 Å². The van der Waals surface area contributed by atoms with Crippen LogP contribution in [0.15, 0.2) is 53.4 Å². The number of benzene rings is 2. The lowest BCUT2D eigenvalue weighted by atomic mass is 10.1. The monoisotopic (exact) mass is 486 g/mol. The molecule has 0 aliphatic carbocycles. The molecule has 32 heavy (non-hydrogen) atoms. The Morgan fingerprint density at radius 2 is 1.75 bits per heavy atom. The molecule has 1 N–H and O–H groups in total. The number of nitrogens with zero attached hydrogens (tertiary/aromatic N) is 1. The smallest absolute Gasteiger partial charge is 0.350 e. The van der Waals surface area contributed by atoms with Crippen molar-refractivity contribution in [3.8, 4) is 0 Å². The van der Waals surface area contributed by atoms with Crippen molar-refractivity contribution < 1.29 is 26.4 Å². The summed E-state index contributed by atoms with van der Waals surface area (Å²) in [6, 6.07) is 9.79. The predicted octanol–water partition coefficient (Wildman–Crippen LogP) is 4.65. The maximum atomic E-state index is 12.9. The molecule has 2 aromatic rings. The summed E-state index contributed by atoms with van der Waals surface area (Å²) in [7, 11) is -3.59.